The van der Waals surface area contributed by atoms with Gasteiger partial charge in [-0.25, -0.2) is 0 Å². The zero-order valence-corrected chi connectivity index (χ0v) is 6.46. The van der Waals surface area contributed by atoms with Crippen molar-refractivity contribution in [3.63, 3.8) is 0 Å². The zero-order valence-electron chi connectivity index (χ0n) is 6.46. The van der Waals surface area contributed by atoms with Crippen molar-refractivity contribution in [2.45, 2.75) is 20.3 Å². The SMILES string of the molecule is CC(C)Cc1[c]cncc1. The van der Waals surface area contributed by atoms with Gasteiger partial charge in [0.15, 0.2) is 0 Å². The molecular weight excluding hydrogens is 122 g/mol. The van der Waals surface area contributed by atoms with Gasteiger partial charge in [-0.05, 0) is 24.0 Å². The summed E-state index contributed by atoms with van der Waals surface area (Å²) in [5.41, 5.74) is 1.25. The highest BCUT2D eigenvalue weighted by Gasteiger charge is 1.95. The lowest BCUT2D eigenvalue weighted by molar-refractivity contribution is 0.646. The van der Waals surface area contributed by atoms with Crippen LogP contribution in [0.3, 0.4) is 0 Å². The van der Waals surface area contributed by atoms with E-state index in [9.17, 15) is 0 Å². The molecule has 0 unspecified atom stereocenters. The van der Waals surface area contributed by atoms with Crippen LogP contribution in [0.2, 0.25) is 0 Å². The average molecular weight is 134 g/mol. The van der Waals surface area contributed by atoms with Crippen molar-refractivity contribution in [1.82, 2.24) is 4.98 Å². The third-order valence-electron chi connectivity index (χ3n) is 1.31. The summed E-state index contributed by atoms with van der Waals surface area (Å²) >= 11 is 0. The molecule has 0 N–H and O–H groups in total. The van der Waals surface area contributed by atoms with E-state index in [2.05, 4.69) is 24.9 Å². The second-order valence-corrected chi connectivity index (χ2v) is 2.86. The van der Waals surface area contributed by atoms with Crippen LogP contribution in [0.1, 0.15) is 19.4 Å². The first kappa shape index (κ1) is 7.26. The summed E-state index contributed by atoms with van der Waals surface area (Å²) < 4.78 is 0. The van der Waals surface area contributed by atoms with E-state index >= 15 is 0 Å². The van der Waals surface area contributed by atoms with Crippen LogP contribution >= 0.6 is 0 Å². The largest absolute Gasteiger partial charge is 0.264 e. The van der Waals surface area contributed by atoms with E-state index in [4.69, 9.17) is 0 Å². The molecule has 0 aliphatic heterocycles. The van der Waals surface area contributed by atoms with E-state index in [-0.39, 0.29) is 0 Å². The molecule has 1 heteroatoms. The molecular formula is C9H12N. The molecule has 1 heterocycles. The standard InChI is InChI=1S/C9H12N/c1-8(2)7-9-3-5-10-6-4-9/h3,5-6,8H,7H2,1-2H3. The molecule has 0 saturated carbocycles. The highest BCUT2D eigenvalue weighted by molar-refractivity contribution is 5.08. The Labute approximate surface area is 62.1 Å². The zero-order chi connectivity index (χ0) is 7.40. The molecule has 1 radical (unpaired) electrons. The summed E-state index contributed by atoms with van der Waals surface area (Å²) in [6, 6.07) is 5.10. The molecule has 0 aliphatic rings. The fourth-order valence-corrected chi connectivity index (χ4v) is 0.911. The normalized spacial score (nSPS) is 10.3. The Kier molecular flexibility index (Phi) is 2.43. The highest BCUT2D eigenvalue weighted by atomic mass is 14.6. The van der Waals surface area contributed by atoms with Crippen LogP contribution in [0.15, 0.2) is 18.5 Å². The lowest BCUT2D eigenvalue weighted by Crippen LogP contribution is -1.93. The first-order chi connectivity index (χ1) is 4.79. The summed E-state index contributed by atoms with van der Waals surface area (Å²) in [4.78, 5) is 3.90. The van der Waals surface area contributed by atoms with E-state index in [0.717, 1.165) is 6.42 Å². The molecule has 53 valence electrons. The molecule has 0 amide bonds. The predicted octanol–water partition coefficient (Wildman–Crippen LogP) is 2.08. The Morgan fingerprint density at radius 3 is 2.90 bits per heavy atom. The van der Waals surface area contributed by atoms with E-state index < -0.39 is 0 Å². The molecule has 0 atom stereocenters. The van der Waals surface area contributed by atoms with Crippen LogP contribution < -0.4 is 0 Å². The fraction of sp³-hybridized carbons (Fsp3) is 0.444. The molecule has 0 aliphatic carbocycles. The van der Waals surface area contributed by atoms with Gasteiger partial charge in [0.1, 0.15) is 0 Å². The second-order valence-electron chi connectivity index (χ2n) is 2.86. The van der Waals surface area contributed by atoms with Crippen molar-refractivity contribution in [3.8, 4) is 0 Å². The topological polar surface area (TPSA) is 12.9 Å². The van der Waals surface area contributed by atoms with Gasteiger partial charge in [0.25, 0.3) is 0 Å². The van der Waals surface area contributed by atoms with Gasteiger partial charge in [-0.3, -0.25) is 4.98 Å². The van der Waals surface area contributed by atoms with Crippen LogP contribution in [0.4, 0.5) is 0 Å². The molecule has 0 saturated heterocycles. The lowest BCUT2D eigenvalue weighted by Gasteiger charge is -2.01. The number of hydrogen-bond donors (Lipinski definition) is 0. The molecule has 0 bridgehead atoms. The van der Waals surface area contributed by atoms with Gasteiger partial charge in [0, 0.05) is 18.5 Å². The molecule has 1 nitrogen and oxygen atoms in total. The molecule has 0 fully saturated rings. The fourth-order valence-electron chi connectivity index (χ4n) is 0.911. The minimum atomic E-state index is 0.707. The van der Waals surface area contributed by atoms with E-state index in [1.165, 1.54) is 5.56 Å². The summed E-state index contributed by atoms with van der Waals surface area (Å²) in [6.45, 7) is 4.41. The maximum absolute atomic E-state index is 3.90. The Bertz CT molecular complexity index is 179. The van der Waals surface area contributed by atoms with Gasteiger partial charge >= 0.3 is 0 Å². The minimum absolute atomic E-state index is 0.707. The Hall–Kier alpha value is -0.850. The average Bonchev–Trinajstić information content (AvgIpc) is 1.88. The smallest absolute Gasteiger partial charge is 0.0349 e. The Morgan fingerprint density at radius 1 is 1.60 bits per heavy atom. The summed E-state index contributed by atoms with van der Waals surface area (Å²) in [6.07, 6.45) is 4.63. The molecule has 10 heavy (non-hydrogen) atoms. The van der Waals surface area contributed by atoms with Crippen molar-refractivity contribution in [1.29, 1.82) is 0 Å². The van der Waals surface area contributed by atoms with Crippen molar-refractivity contribution < 1.29 is 0 Å². The van der Waals surface area contributed by atoms with Crippen LogP contribution in [-0.2, 0) is 6.42 Å². The third-order valence-corrected chi connectivity index (χ3v) is 1.31. The van der Waals surface area contributed by atoms with Gasteiger partial charge in [-0.2, -0.15) is 0 Å². The van der Waals surface area contributed by atoms with Gasteiger partial charge in [-0.15, -0.1) is 0 Å². The number of pyridine rings is 1. The number of nitrogens with zero attached hydrogens (tertiary/aromatic N) is 1. The van der Waals surface area contributed by atoms with E-state index in [1.54, 1.807) is 6.20 Å². The molecule has 1 rings (SSSR count). The van der Waals surface area contributed by atoms with Crippen molar-refractivity contribution in [2.24, 2.45) is 5.92 Å². The van der Waals surface area contributed by atoms with Crippen LogP contribution in [0, 0.1) is 12.0 Å². The molecule has 1 aromatic heterocycles. The minimum Gasteiger partial charge on any atom is -0.264 e. The summed E-state index contributed by atoms with van der Waals surface area (Å²) in [5.74, 6) is 0.707. The number of aromatic nitrogens is 1. The number of rotatable bonds is 2. The number of hydrogen-bond acceptors (Lipinski definition) is 1. The predicted molar refractivity (Wildman–Crippen MR) is 41.6 cm³/mol. The van der Waals surface area contributed by atoms with Crippen molar-refractivity contribution in [3.05, 3.63) is 30.1 Å². The quantitative estimate of drug-likeness (QED) is 0.603. The van der Waals surface area contributed by atoms with Gasteiger partial charge in [0.2, 0.25) is 0 Å². The first-order valence-electron chi connectivity index (χ1n) is 3.59. The first-order valence-corrected chi connectivity index (χ1v) is 3.59. The van der Waals surface area contributed by atoms with E-state index in [1.807, 2.05) is 12.3 Å². The third kappa shape index (κ3) is 2.18. The van der Waals surface area contributed by atoms with Crippen LogP contribution in [0.25, 0.3) is 0 Å². The summed E-state index contributed by atoms with van der Waals surface area (Å²) in [5, 5.41) is 0. The van der Waals surface area contributed by atoms with Crippen LogP contribution in [0.5, 0.6) is 0 Å². The monoisotopic (exact) mass is 134 g/mol. The summed E-state index contributed by atoms with van der Waals surface area (Å²) in [7, 11) is 0. The lowest BCUT2D eigenvalue weighted by atomic mass is 10.0. The van der Waals surface area contributed by atoms with E-state index in [0.29, 0.717) is 5.92 Å². The second kappa shape index (κ2) is 3.35. The maximum atomic E-state index is 3.90. The Balaban J connectivity index is 2.59. The maximum Gasteiger partial charge on any atom is 0.0349 e. The molecule has 0 aromatic carbocycles. The van der Waals surface area contributed by atoms with Gasteiger partial charge < -0.3 is 0 Å². The van der Waals surface area contributed by atoms with Crippen molar-refractivity contribution >= 4 is 0 Å². The van der Waals surface area contributed by atoms with Crippen LogP contribution in [-0.4, -0.2) is 4.98 Å². The van der Waals surface area contributed by atoms with Gasteiger partial charge in [0.05, 0.1) is 0 Å². The highest BCUT2D eigenvalue weighted by Crippen LogP contribution is 2.04. The molecule has 1 aromatic rings. The Morgan fingerprint density at radius 2 is 2.40 bits per heavy atom. The molecule has 0 spiro atoms. The van der Waals surface area contributed by atoms with Crippen molar-refractivity contribution in [2.75, 3.05) is 0 Å². The van der Waals surface area contributed by atoms with Gasteiger partial charge in [-0.1, -0.05) is 13.8 Å².